The molecule has 0 aliphatic carbocycles. The first-order valence-corrected chi connectivity index (χ1v) is 6.32. The number of nitrogens with two attached hydrogens (primary N) is 1. The molecular formula is C14H13BrFNO. The first-order valence-electron chi connectivity index (χ1n) is 5.52. The highest BCUT2D eigenvalue weighted by Gasteiger charge is 2.06. The second kappa shape index (κ2) is 5.50. The Kier molecular flexibility index (Phi) is 3.99. The van der Waals surface area contributed by atoms with E-state index in [4.69, 9.17) is 10.5 Å². The van der Waals surface area contributed by atoms with Gasteiger partial charge in [-0.3, -0.25) is 0 Å². The lowest BCUT2D eigenvalue weighted by molar-refractivity contribution is 0.470. The van der Waals surface area contributed by atoms with Crippen molar-refractivity contribution in [3.63, 3.8) is 0 Å². The zero-order chi connectivity index (χ0) is 13.1. The first kappa shape index (κ1) is 13.1. The van der Waals surface area contributed by atoms with Crippen LogP contribution in [0.3, 0.4) is 0 Å². The maximum absolute atomic E-state index is 13.4. The monoisotopic (exact) mass is 309 g/mol. The number of rotatable bonds is 3. The molecule has 0 saturated heterocycles. The molecule has 0 radical (unpaired) electrons. The molecule has 0 unspecified atom stereocenters. The van der Waals surface area contributed by atoms with Crippen molar-refractivity contribution >= 4 is 15.9 Å². The lowest BCUT2D eigenvalue weighted by atomic mass is 10.2. The summed E-state index contributed by atoms with van der Waals surface area (Å²) in [4.78, 5) is 0. The van der Waals surface area contributed by atoms with E-state index in [0.29, 0.717) is 23.6 Å². The van der Waals surface area contributed by atoms with Crippen molar-refractivity contribution in [3.8, 4) is 11.5 Å². The van der Waals surface area contributed by atoms with Crippen LogP contribution in [0.25, 0.3) is 0 Å². The minimum atomic E-state index is -0.281. The second-order valence-electron chi connectivity index (χ2n) is 3.97. The Bertz CT molecular complexity index is 572. The van der Waals surface area contributed by atoms with Crippen molar-refractivity contribution in [1.29, 1.82) is 0 Å². The van der Waals surface area contributed by atoms with Gasteiger partial charge in [-0.05, 0) is 30.7 Å². The van der Waals surface area contributed by atoms with Crippen LogP contribution in [0.5, 0.6) is 11.5 Å². The molecule has 2 aromatic rings. The smallest absolute Gasteiger partial charge is 0.133 e. The Morgan fingerprint density at radius 3 is 2.67 bits per heavy atom. The Morgan fingerprint density at radius 1 is 1.22 bits per heavy atom. The fraction of sp³-hybridized carbons (Fsp3) is 0.143. The van der Waals surface area contributed by atoms with Gasteiger partial charge >= 0.3 is 0 Å². The SMILES string of the molecule is Cc1ccc(Oc2cc(Br)ccc2CN)cc1F. The van der Waals surface area contributed by atoms with Crippen LogP contribution in [0.4, 0.5) is 4.39 Å². The molecule has 0 aliphatic rings. The summed E-state index contributed by atoms with van der Waals surface area (Å²) in [5, 5.41) is 0. The number of hydrogen-bond donors (Lipinski definition) is 1. The summed E-state index contributed by atoms with van der Waals surface area (Å²) in [5.41, 5.74) is 7.11. The van der Waals surface area contributed by atoms with Gasteiger partial charge in [-0.25, -0.2) is 4.39 Å². The van der Waals surface area contributed by atoms with Crippen LogP contribution in [0.2, 0.25) is 0 Å². The molecule has 0 fully saturated rings. The summed E-state index contributed by atoms with van der Waals surface area (Å²) < 4.78 is 20.0. The lowest BCUT2D eigenvalue weighted by Crippen LogP contribution is -1.99. The van der Waals surface area contributed by atoms with Crippen molar-refractivity contribution < 1.29 is 9.13 Å². The summed E-state index contributed by atoms with van der Waals surface area (Å²) in [6.07, 6.45) is 0. The predicted molar refractivity (Wildman–Crippen MR) is 73.2 cm³/mol. The molecule has 0 amide bonds. The quantitative estimate of drug-likeness (QED) is 0.924. The van der Waals surface area contributed by atoms with E-state index < -0.39 is 0 Å². The molecule has 2 aromatic carbocycles. The number of aryl methyl sites for hydroxylation is 1. The maximum Gasteiger partial charge on any atom is 0.133 e. The van der Waals surface area contributed by atoms with E-state index in [-0.39, 0.29) is 5.82 Å². The van der Waals surface area contributed by atoms with Crippen LogP contribution in [0, 0.1) is 12.7 Å². The third-order valence-electron chi connectivity index (χ3n) is 2.62. The summed E-state index contributed by atoms with van der Waals surface area (Å²) in [6, 6.07) is 10.4. The lowest BCUT2D eigenvalue weighted by Gasteiger charge is -2.11. The molecule has 2 rings (SSSR count). The van der Waals surface area contributed by atoms with Crippen LogP contribution in [0.1, 0.15) is 11.1 Å². The van der Waals surface area contributed by atoms with Crippen LogP contribution in [-0.4, -0.2) is 0 Å². The average molecular weight is 310 g/mol. The van der Waals surface area contributed by atoms with Gasteiger partial charge < -0.3 is 10.5 Å². The van der Waals surface area contributed by atoms with Gasteiger partial charge in [0.15, 0.2) is 0 Å². The Morgan fingerprint density at radius 2 is 2.00 bits per heavy atom. The van der Waals surface area contributed by atoms with E-state index in [2.05, 4.69) is 15.9 Å². The molecule has 0 aliphatic heterocycles. The minimum absolute atomic E-state index is 0.281. The number of benzene rings is 2. The molecule has 0 saturated carbocycles. The molecule has 0 heterocycles. The van der Waals surface area contributed by atoms with Crippen molar-refractivity contribution in [2.45, 2.75) is 13.5 Å². The Balaban J connectivity index is 2.33. The van der Waals surface area contributed by atoms with E-state index in [1.165, 1.54) is 6.07 Å². The van der Waals surface area contributed by atoms with E-state index in [1.807, 2.05) is 18.2 Å². The summed E-state index contributed by atoms with van der Waals surface area (Å²) in [7, 11) is 0. The van der Waals surface area contributed by atoms with E-state index in [0.717, 1.165) is 10.0 Å². The van der Waals surface area contributed by atoms with E-state index in [9.17, 15) is 4.39 Å². The van der Waals surface area contributed by atoms with Crippen LogP contribution < -0.4 is 10.5 Å². The van der Waals surface area contributed by atoms with Gasteiger partial charge in [0, 0.05) is 22.6 Å². The van der Waals surface area contributed by atoms with Crippen LogP contribution in [-0.2, 0) is 6.54 Å². The van der Waals surface area contributed by atoms with Crippen molar-refractivity contribution in [3.05, 3.63) is 57.8 Å². The Labute approximate surface area is 114 Å². The molecule has 2 nitrogen and oxygen atoms in total. The fourth-order valence-corrected chi connectivity index (χ4v) is 1.90. The highest BCUT2D eigenvalue weighted by Crippen LogP contribution is 2.29. The third-order valence-corrected chi connectivity index (χ3v) is 3.11. The second-order valence-corrected chi connectivity index (χ2v) is 4.88. The van der Waals surface area contributed by atoms with Crippen LogP contribution in [0.15, 0.2) is 40.9 Å². The summed E-state index contributed by atoms with van der Waals surface area (Å²) in [6.45, 7) is 2.08. The van der Waals surface area contributed by atoms with E-state index >= 15 is 0 Å². The van der Waals surface area contributed by atoms with Crippen molar-refractivity contribution in [1.82, 2.24) is 0 Å². The van der Waals surface area contributed by atoms with Gasteiger partial charge in [-0.15, -0.1) is 0 Å². The number of halogens is 2. The Hall–Kier alpha value is -1.39. The zero-order valence-electron chi connectivity index (χ0n) is 9.91. The van der Waals surface area contributed by atoms with Gasteiger partial charge in [0.1, 0.15) is 17.3 Å². The largest absolute Gasteiger partial charge is 0.457 e. The van der Waals surface area contributed by atoms with Gasteiger partial charge in [0.25, 0.3) is 0 Å². The van der Waals surface area contributed by atoms with E-state index in [1.54, 1.807) is 19.1 Å². The van der Waals surface area contributed by atoms with Crippen molar-refractivity contribution in [2.24, 2.45) is 5.73 Å². The minimum Gasteiger partial charge on any atom is -0.457 e. The molecule has 94 valence electrons. The fourth-order valence-electron chi connectivity index (χ4n) is 1.56. The number of hydrogen-bond acceptors (Lipinski definition) is 2. The molecule has 0 spiro atoms. The maximum atomic E-state index is 13.4. The molecule has 0 aromatic heterocycles. The third kappa shape index (κ3) is 2.89. The topological polar surface area (TPSA) is 35.2 Å². The van der Waals surface area contributed by atoms with Gasteiger partial charge in [-0.1, -0.05) is 28.1 Å². The highest BCUT2D eigenvalue weighted by molar-refractivity contribution is 9.10. The predicted octanol–water partition coefficient (Wildman–Crippen LogP) is 4.15. The highest BCUT2D eigenvalue weighted by atomic mass is 79.9. The average Bonchev–Trinajstić information content (AvgIpc) is 2.34. The van der Waals surface area contributed by atoms with Crippen molar-refractivity contribution in [2.75, 3.05) is 0 Å². The zero-order valence-corrected chi connectivity index (χ0v) is 11.5. The summed E-state index contributed by atoms with van der Waals surface area (Å²) >= 11 is 3.37. The molecular weight excluding hydrogens is 297 g/mol. The first-order chi connectivity index (χ1) is 8.60. The normalized spacial score (nSPS) is 10.4. The summed E-state index contributed by atoms with van der Waals surface area (Å²) in [5.74, 6) is 0.817. The van der Waals surface area contributed by atoms with Gasteiger partial charge in [-0.2, -0.15) is 0 Å². The molecule has 4 heteroatoms. The van der Waals surface area contributed by atoms with Gasteiger partial charge in [0.2, 0.25) is 0 Å². The number of ether oxygens (including phenoxy) is 1. The van der Waals surface area contributed by atoms with Crippen LogP contribution >= 0.6 is 15.9 Å². The molecule has 18 heavy (non-hydrogen) atoms. The molecule has 2 N–H and O–H groups in total. The standard InChI is InChI=1S/C14H13BrFNO/c1-9-2-5-12(7-13(9)16)18-14-6-11(15)4-3-10(14)8-17/h2-7H,8,17H2,1H3. The van der Waals surface area contributed by atoms with Gasteiger partial charge in [0.05, 0.1) is 0 Å². The molecule has 0 bridgehead atoms. The molecule has 0 atom stereocenters.